The van der Waals surface area contributed by atoms with Gasteiger partial charge in [-0.1, -0.05) is 13.8 Å². The Morgan fingerprint density at radius 3 is 2.56 bits per heavy atom. The van der Waals surface area contributed by atoms with Crippen LogP contribution in [-0.4, -0.2) is 12.6 Å². The van der Waals surface area contributed by atoms with Crippen LogP contribution < -0.4 is 5.73 Å². The van der Waals surface area contributed by atoms with Crippen LogP contribution in [0.15, 0.2) is 12.1 Å². The monoisotopic (exact) mass is 221 g/mol. The highest BCUT2D eigenvalue weighted by atomic mass is 16.5. The minimum Gasteiger partial charge on any atom is -0.462 e. The molecule has 0 aromatic heterocycles. The lowest BCUT2D eigenvalue weighted by Gasteiger charge is -2.11. The summed E-state index contributed by atoms with van der Waals surface area (Å²) in [7, 11) is 0. The fraction of sp³-hybridized carbons (Fsp3) is 0.462. The molecule has 0 fully saturated rings. The number of esters is 1. The Morgan fingerprint density at radius 1 is 1.38 bits per heavy atom. The summed E-state index contributed by atoms with van der Waals surface area (Å²) in [5, 5.41) is 0. The van der Waals surface area contributed by atoms with E-state index in [1.165, 1.54) is 0 Å². The molecule has 0 saturated carbocycles. The molecule has 1 rings (SSSR count). The molecule has 1 aromatic carbocycles. The Morgan fingerprint density at radius 2 is 2.00 bits per heavy atom. The number of nitrogen functional groups attached to an aromatic ring is 1. The number of nitrogens with two attached hydrogens (primary N) is 1. The van der Waals surface area contributed by atoms with Crippen molar-refractivity contribution in [2.45, 2.75) is 27.7 Å². The van der Waals surface area contributed by atoms with Gasteiger partial charge in [-0.05, 0) is 43.0 Å². The van der Waals surface area contributed by atoms with Gasteiger partial charge in [0.05, 0.1) is 12.2 Å². The third-order valence-corrected chi connectivity index (χ3v) is 2.46. The molecule has 2 N–H and O–H groups in total. The minimum atomic E-state index is -0.290. The summed E-state index contributed by atoms with van der Waals surface area (Å²) in [6, 6.07) is 3.53. The lowest BCUT2D eigenvalue weighted by atomic mass is 10.0. The predicted octanol–water partition coefficient (Wildman–Crippen LogP) is 2.70. The van der Waals surface area contributed by atoms with Crippen molar-refractivity contribution in [3.63, 3.8) is 0 Å². The molecular weight excluding hydrogens is 202 g/mol. The molecule has 88 valence electrons. The van der Waals surface area contributed by atoms with Crippen LogP contribution in [0, 0.1) is 19.8 Å². The van der Waals surface area contributed by atoms with Crippen molar-refractivity contribution < 1.29 is 9.53 Å². The zero-order valence-corrected chi connectivity index (χ0v) is 10.3. The number of hydrogen-bond acceptors (Lipinski definition) is 3. The van der Waals surface area contributed by atoms with Gasteiger partial charge in [-0.3, -0.25) is 0 Å². The fourth-order valence-corrected chi connectivity index (χ4v) is 1.42. The SMILES string of the molecule is Cc1cc(N)cc(C(=O)OCC(C)C)c1C. The molecule has 0 saturated heterocycles. The summed E-state index contributed by atoms with van der Waals surface area (Å²) < 4.78 is 5.19. The maximum absolute atomic E-state index is 11.8. The fourth-order valence-electron chi connectivity index (χ4n) is 1.42. The van der Waals surface area contributed by atoms with E-state index in [0.717, 1.165) is 11.1 Å². The van der Waals surface area contributed by atoms with Crippen LogP contribution in [0.2, 0.25) is 0 Å². The zero-order chi connectivity index (χ0) is 12.3. The van der Waals surface area contributed by atoms with Gasteiger partial charge in [0.2, 0.25) is 0 Å². The smallest absolute Gasteiger partial charge is 0.338 e. The molecular formula is C13H19NO2. The number of rotatable bonds is 3. The first-order chi connectivity index (χ1) is 7.41. The van der Waals surface area contributed by atoms with E-state index in [2.05, 4.69) is 0 Å². The van der Waals surface area contributed by atoms with Gasteiger partial charge in [-0.25, -0.2) is 4.79 Å². The normalized spacial score (nSPS) is 10.6. The Hall–Kier alpha value is -1.51. The van der Waals surface area contributed by atoms with Crippen LogP contribution in [0.3, 0.4) is 0 Å². The van der Waals surface area contributed by atoms with Gasteiger partial charge in [0.25, 0.3) is 0 Å². The minimum absolute atomic E-state index is 0.290. The van der Waals surface area contributed by atoms with Crippen LogP contribution >= 0.6 is 0 Å². The van der Waals surface area contributed by atoms with E-state index in [4.69, 9.17) is 10.5 Å². The second-order valence-electron chi connectivity index (χ2n) is 4.50. The highest BCUT2D eigenvalue weighted by molar-refractivity contribution is 5.92. The molecule has 0 heterocycles. The first kappa shape index (κ1) is 12.6. The largest absolute Gasteiger partial charge is 0.462 e. The van der Waals surface area contributed by atoms with Crippen molar-refractivity contribution in [3.8, 4) is 0 Å². The van der Waals surface area contributed by atoms with Crippen molar-refractivity contribution in [2.75, 3.05) is 12.3 Å². The van der Waals surface area contributed by atoms with Crippen LogP contribution in [-0.2, 0) is 4.74 Å². The predicted molar refractivity (Wildman–Crippen MR) is 65.4 cm³/mol. The van der Waals surface area contributed by atoms with Crippen molar-refractivity contribution in [2.24, 2.45) is 5.92 Å². The standard InChI is InChI=1S/C13H19NO2/c1-8(2)7-16-13(15)12-6-11(14)5-9(3)10(12)4/h5-6,8H,7,14H2,1-4H3. The maximum atomic E-state index is 11.8. The number of benzene rings is 1. The quantitative estimate of drug-likeness (QED) is 0.630. The van der Waals surface area contributed by atoms with Gasteiger partial charge in [0.15, 0.2) is 0 Å². The Balaban J connectivity index is 2.91. The van der Waals surface area contributed by atoms with Gasteiger partial charge in [-0.15, -0.1) is 0 Å². The van der Waals surface area contributed by atoms with Gasteiger partial charge >= 0.3 is 5.97 Å². The van der Waals surface area contributed by atoms with E-state index in [-0.39, 0.29) is 5.97 Å². The molecule has 1 aromatic rings. The van der Waals surface area contributed by atoms with Crippen LogP contribution in [0.5, 0.6) is 0 Å². The summed E-state index contributed by atoms with van der Waals surface area (Å²) in [6.45, 7) is 8.28. The lowest BCUT2D eigenvalue weighted by Crippen LogP contribution is -2.12. The number of ether oxygens (including phenoxy) is 1. The van der Waals surface area contributed by atoms with Gasteiger partial charge < -0.3 is 10.5 Å². The van der Waals surface area contributed by atoms with E-state index >= 15 is 0 Å². The molecule has 16 heavy (non-hydrogen) atoms. The summed E-state index contributed by atoms with van der Waals surface area (Å²) in [5.41, 5.74) is 8.82. The third-order valence-electron chi connectivity index (χ3n) is 2.46. The maximum Gasteiger partial charge on any atom is 0.338 e. The van der Waals surface area contributed by atoms with E-state index in [1.54, 1.807) is 6.07 Å². The van der Waals surface area contributed by atoms with Crippen molar-refractivity contribution in [1.82, 2.24) is 0 Å². The molecule has 0 aliphatic carbocycles. The number of carbonyl (C=O) groups is 1. The number of anilines is 1. The van der Waals surface area contributed by atoms with Crippen LogP contribution in [0.25, 0.3) is 0 Å². The van der Waals surface area contributed by atoms with E-state index in [0.29, 0.717) is 23.8 Å². The zero-order valence-electron chi connectivity index (χ0n) is 10.3. The lowest BCUT2D eigenvalue weighted by molar-refractivity contribution is 0.0458. The van der Waals surface area contributed by atoms with Crippen molar-refractivity contribution >= 4 is 11.7 Å². The van der Waals surface area contributed by atoms with E-state index < -0.39 is 0 Å². The van der Waals surface area contributed by atoms with Crippen LogP contribution in [0.4, 0.5) is 5.69 Å². The Kier molecular flexibility index (Phi) is 3.93. The second kappa shape index (κ2) is 5.01. The molecule has 0 bridgehead atoms. The number of aryl methyl sites for hydroxylation is 1. The summed E-state index contributed by atoms with van der Waals surface area (Å²) in [6.07, 6.45) is 0. The molecule has 0 radical (unpaired) electrons. The first-order valence-electron chi connectivity index (χ1n) is 5.45. The average Bonchev–Trinajstić information content (AvgIpc) is 2.19. The third kappa shape index (κ3) is 2.99. The molecule has 0 unspecified atom stereocenters. The number of hydrogen-bond donors (Lipinski definition) is 1. The topological polar surface area (TPSA) is 52.3 Å². The summed E-state index contributed by atoms with van der Waals surface area (Å²) >= 11 is 0. The van der Waals surface area contributed by atoms with Gasteiger partial charge in [0, 0.05) is 5.69 Å². The average molecular weight is 221 g/mol. The van der Waals surface area contributed by atoms with E-state index in [1.807, 2.05) is 33.8 Å². The molecule has 3 nitrogen and oxygen atoms in total. The summed E-state index contributed by atoms with van der Waals surface area (Å²) in [4.78, 5) is 11.8. The molecule has 0 atom stereocenters. The van der Waals surface area contributed by atoms with Crippen LogP contribution in [0.1, 0.15) is 35.3 Å². The Bertz CT molecular complexity index is 397. The number of carbonyl (C=O) groups excluding carboxylic acids is 1. The van der Waals surface area contributed by atoms with E-state index in [9.17, 15) is 4.79 Å². The van der Waals surface area contributed by atoms with Gasteiger partial charge in [0.1, 0.15) is 0 Å². The molecule has 0 amide bonds. The van der Waals surface area contributed by atoms with Crippen molar-refractivity contribution in [1.29, 1.82) is 0 Å². The summed E-state index contributed by atoms with van der Waals surface area (Å²) in [5.74, 6) is 0.0491. The second-order valence-corrected chi connectivity index (χ2v) is 4.50. The highest BCUT2D eigenvalue weighted by Gasteiger charge is 2.13. The van der Waals surface area contributed by atoms with Crippen molar-refractivity contribution in [3.05, 3.63) is 28.8 Å². The molecule has 0 spiro atoms. The highest BCUT2D eigenvalue weighted by Crippen LogP contribution is 2.18. The first-order valence-corrected chi connectivity index (χ1v) is 5.45. The molecule has 3 heteroatoms. The molecule has 0 aliphatic heterocycles. The molecule has 0 aliphatic rings. The van der Waals surface area contributed by atoms with Gasteiger partial charge in [-0.2, -0.15) is 0 Å². The Labute approximate surface area is 96.6 Å².